The van der Waals surface area contributed by atoms with Crippen molar-refractivity contribution in [1.29, 1.82) is 0 Å². The molecule has 19 heavy (non-hydrogen) atoms. The van der Waals surface area contributed by atoms with E-state index in [4.69, 9.17) is 9.84 Å². The van der Waals surface area contributed by atoms with Crippen molar-refractivity contribution in [2.24, 2.45) is 0 Å². The number of carbonyl (C=O) groups is 1. The van der Waals surface area contributed by atoms with Gasteiger partial charge < -0.3 is 9.84 Å². The molecule has 0 amide bonds. The number of rotatable bonds is 4. The predicted octanol–water partition coefficient (Wildman–Crippen LogP) is 3.24. The fourth-order valence-corrected chi connectivity index (χ4v) is 1.55. The SMILES string of the molecule is O=C(O)c1cccc(COc2ccc(F)cc2)c1F. The van der Waals surface area contributed by atoms with E-state index in [9.17, 15) is 13.6 Å². The molecule has 2 aromatic carbocycles. The first-order valence-corrected chi connectivity index (χ1v) is 5.47. The van der Waals surface area contributed by atoms with E-state index in [0.717, 1.165) is 0 Å². The van der Waals surface area contributed by atoms with Crippen LogP contribution in [0, 0.1) is 11.6 Å². The summed E-state index contributed by atoms with van der Waals surface area (Å²) in [5.74, 6) is -2.17. The second-order valence-corrected chi connectivity index (χ2v) is 3.83. The Morgan fingerprint density at radius 1 is 1.11 bits per heavy atom. The lowest BCUT2D eigenvalue weighted by Gasteiger charge is -2.08. The molecule has 5 heteroatoms. The third-order valence-corrected chi connectivity index (χ3v) is 2.52. The summed E-state index contributed by atoms with van der Waals surface area (Å²) in [5, 5.41) is 8.78. The number of aromatic carboxylic acids is 1. The Hall–Kier alpha value is -2.43. The van der Waals surface area contributed by atoms with Gasteiger partial charge in [-0.2, -0.15) is 0 Å². The first-order chi connectivity index (χ1) is 9.08. The van der Waals surface area contributed by atoms with Crippen LogP contribution >= 0.6 is 0 Å². The number of hydrogen-bond acceptors (Lipinski definition) is 2. The Morgan fingerprint density at radius 3 is 2.42 bits per heavy atom. The number of benzene rings is 2. The molecule has 0 atom stereocenters. The van der Waals surface area contributed by atoms with E-state index in [1.54, 1.807) is 0 Å². The summed E-state index contributed by atoms with van der Waals surface area (Å²) in [6.07, 6.45) is 0. The maximum atomic E-state index is 13.8. The molecule has 0 aromatic heterocycles. The quantitative estimate of drug-likeness (QED) is 0.922. The van der Waals surface area contributed by atoms with Crippen LogP contribution in [0.2, 0.25) is 0 Å². The molecule has 0 bridgehead atoms. The van der Waals surface area contributed by atoms with Gasteiger partial charge in [-0.15, -0.1) is 0 Å². The van der Waals surface area contributed by atoms with Crippen LogP contribution in [0.1, 0.15) is 15.9 Å². The second kappa shape index (κ2) is 5.48. The molecule has 0 heterocycles. The fraction of sp³-hybridized carbons (Fsp3) is 0.0714. The topological polar surface area (TPSA) is 46.5 Å². The van der Waals surface area contributed by atoms with E-state index < -0.39 is 23.2 Å². The van der Waals surface area contributed by atoms with Crippen LogP contribution < -0.4 is 4.74 Å². The Bertz CT molecular complexity index is 594. The van der Waals surface area contributed by atoms with Crippen molar-refractivity contribution >= 4 is 5.97 Å². The molecule has 0 radical (unpaired) electrons. The average Bonchev–Trinajstić information content (AvgIpc) is 2.39. The zero-order chi connectivity index (χ0) is 13.8. The van der Waals surface area contributed by atoms with Crippen molar-refractivity contribution in [2.75, 3.05) is 0 Å². The van der Waals surface area contributed by atoms with Gasteiger partial charge in [0, 0.05) is 5.56 Å². The van der Waals surface area contributed by atoms with Crippen molar-refractivity contribution in [3.63, 3.8) is 0 Å². The molecule has 0 fully saturated rings. The molecular formula is C14H10F2O3. The zero-order valence-corrected chi connectivity index (χ0v) is 9.77. The van der Waals surface area contributed by atoms with Crippen molar-refractivity contribution in [1.82, 2.24) is 0 Å². The van der Waals surface area contributed by atoms with E-state index in [1.165, 1.54) is 42.5 Å². The summed E-state index contributed by atoms with van der Waals surface area (Å²) in [4.78, 5) is 10.8. The van der Waals surface area contributed by atoms with Crippen LogP contribution in [0.5, 0.6) is 5.75 Å². The van der Waals surface area contributed by atoms with E-state index in [-0.39, 0.29) is 12.2 Å². The molecular weight excluding hydrogens is 254 g/mol. The maximum absolute atomic E-state index is 13.8. The second-order valence-electron chi connectivity index (χ2n) is 3.83. The smallest absolute Gasteiger partial charge is 0.338 e. The number of carboxylic acid groups (broad SMARTS) is 1. The van der Waals surface area contributed by atoms with Crippen LogP contribution in [0.4, 0.5) is 8.78 Å². The minimum Gasteiger partial charge on any atom is -0.489 e. The third kappa shape index (κ3) is 3.07. The molecule has 3 nitrogen and oxygen atoms in total. The van der Waals surface area contributed by atoms with E-state index >= 15 is 0 Å². The number of ether oxygens (including phenoxy) is 1. The molecule has 2 aromatic rings. The lowest BCUT2D eigenvalue weighted by Crippen LogP contribution is -2.05. The summed E-state index contributed by atoms with van der Waals surface area (Å²) in [6, 6.07) is 9.32. The lowest BCUT2D eigenvalue weighted by atomic mass is 10.1. The van der Waals surface area contributed by atoms with E-state index in [1.807, 2.05) is 0 Å². The maximum Gasteiger partial charge on any atom is 0.338 e. The summed E-state index contributed by atoms with van der Waals surface area (Å²) >= 11 is 0. The molecule has 0 spiro atoms. The van der Waals surface area contributed by atoms with Gasteiger partial charge in [0.25, 0.3) is 0 Å². The van der Waals surface area contributed by atoms with Crippen molar-refractivity contribution < 1.29 is 23.4 Å². The normalized spacial score (nSPS) is 10.2. The number of hydrogen-bond donors (Lipinski definition) is 1. The molecule has 98 valence electrons. The lowest BCUT2D eigenvalue weighted by molar-refractivity contribution is 0.0691. The first kappa shape index (κ1) is 13.0. The van der Waals surface area contributed by atoms with Gasteiger partial charge in [-0.1, -0.05) is 12.1 Å². The number of halogens is 2. The Kier molecular flexibility index (Phi) is 3.75. The summed E-state index contributed by atoms with van der Waals surface area (Å²) in [5.41, 5.74) is -0.274. The van der Waals surface area contributed by atoms with Crippen LogP contribution in [-0.2, 0) is 6.61 Å². The largest absolute Gasteiger partial charge is 0.489 e. The molecule has 0 aliphatic carbocycles. The van der Waals surface area contributed by atoms with Gasteiger partial charge in [-0.05, 0) is 30.3 Å². The van der Waals surface area contributed by atoms with Gasteiger partial charge in [-0.3, -0.25) is 0 Å². The highest BCUT2D eigenvalue weighted by Crippen LogP contribution is 2.17. The van der Waals surface area contributed by atoms with Crippen molar-refractivity contribution in [2.45, 2.75) is 6.61 Å². The highest BCUT2D eigenvalue weighted by atomic mass is 19.1. The minimum atomic E-state index is -1.33. The highest BCUT2D eigenvalue weighted by Gasteiger charge is 2.13. The molecule has 0 aliphatic rings. The molecule has 1 N–H and O–H groups in total. The number of carboxylic acids is 1. The van der Waals surface area contributed by atoms with E-state index in [2.05, 4.69) is 0 Å². The van der Waals surface area contributed by atoms with Crippen molar-refractivity contribution in [3.8, 4) is 5.75 Å². The first-order valence-electron chi connectivity index (χ1n) is 5.47. The summed E-state index contributed by atoms with van der Waals surface area (Å²) in [6.45, 7) is -0.126. The van der Waals surface area contributed by atoms with Gasteiger partial charge >= 0.3 is 5.97 Å². The van der Waals surface area contributed by atoms with Crippen LogP contribution in [0.3, 0.4) is 0 Å². The van der Waals surface area contributed by atoms with Gasteiger partial charge in [0.05, 0.1) is 5.56 Å². The fourth-order valence-electron chi connectivity index (χ4n) is 1.55. The Morgan fingerprint density at radius 2 is 1.79 bits per heavy atom. The molecule has 0 saturated carbocycles. The zero-order valence-electron chi connectivity index (χ0n) is 9.77. The molecule has 0 aliphatic heterocycles. The van der Waals surface area contributed by atoms with Crippen LogP contribution in [0.25, 0.3) is 0 Å². The van der Waals surface area contributed by atoms with Gasteiger partial charge in [0.15, 0.2) is 0 Å². The summed E-state index contributed by atoms with van der Waals surface area (Å²) in [7, 11) is 0. The van der Waals surface area contributed by atoms with Gasteiger partial charge in [-0.25, -0.2) is 13.6 Å². The molecule has 2 rings (SSSR count). The monoisotopic (exact) mass is 264 g/mol. The van der Waals surface area contributed by atoms with E-state index in [0.29, 0.717) is 5.75 Å². The predicted molar refractivity (Wildman–Crippen MR) is 64.1 cm³/mol. The standard InChI is InChI=1S/C14H10F2O3/c15-10-4-6-11(7-5-10)19-8-9-2-1-3-12(13(9)16)14(17)18/h1-7H,8H2,(H,17,18). The highest BCUT2D eigenvalue weighted by molar-refractivity contribution is 5.88. The van der Waals surface area contributed by atoms with Crippen LogP contribution in [-0.4, -0.2) is 11.1 Å². The minimum absolute atomic E-state index is 0.126. The average molecular weight is 264 g/mol. The Balaban J connectivity index is 2.13. The van der Waals surface area contributed by atoms with Gasteiger partial charge in [0.2, 0.25) is 0 Å². The third-order valence-electron chi connectivity index (χ3n) is 2.52. The molecule has 0 saturated heterocycles. The molecule has 0 unspecified atom stereocenters. The Labute approximate surface area is 108 Å². The van der Waals surface area contributed by atoms with Crippen LogP contribution in [0.15, 0.2) is 42.5 Å². The summed E-state index contributed by atoms with van der Waals surface area (Å²) < 4.78 is 31.7. The van der Waals surface area contributed by atoms with Crippen molar-refractivity contribution in [3.05, 3.63) is 65.2 Å². The van der Waals surface area contributed by atoms with Gasteiger partial charge in [0.1, 0.15) is 24.0 Å².